The van der Waals surface area contributed by atoms with Crippen molar-refractivity contribution in [3.63, 3.8) is 0 Å². The second-order valence-corrected chi connectivity index (χ2v) is 2.96. The summed E-state index contributed by atoms with van der Waals surface area (Å²) in [7, 11) is 0. The molecule has 0 amide bonds. The van der Waals surface area contributed by atoms with E-state index in [-0.39, 0.29) is 31.0 Å². The molecule has 0 saturated carbocycles. The van der Waals surface area contributed by atoms with E-state index in [1.807, 2.05) is 6.92 Å². The van der Waals surface area contributed by atoms with Crippen LogP contribution in [0, 0.1) is 0 Å². The summed E-state index contributed by atoms with van der Waals surface area (Å²) < 4.78 is 4.58. The van der Waals surface area contributed by atoms with E-state index in [1.165, 1.54) is 12.2 Å². The number of hydrogen-bond acceptors (Lipinski definition) is 3. The predicted molar refractivity (Wildman–Crippen MR) is 61.9 cm³/mol. The number of esters is 2. The van der Waals surface area contributed by atoms with Gasteiger partial charge in [-0.1, -0.05) is 36.4 Å². The molecule has 4 heteroatoms. The number of rotatable bonds is 3. The van der Waals surface area contributed by atoms with E-state index in [0.717, 1.165) is 0 Å². The van der Waals surface area contributed by atoms with Gasteiger partial charge in [0, 0.05) is 6.08 Å². The van der Waals surface area contributed by atoms with E-state index in [2.05, 4.69) is 4.74 Å². The van der Waals surface area contributed by atoms with Crippen LogP contribution < -0.4 is 29.6 Å². The summed E-state index contributed by atoms with van der Waals surface area (Å²) in [6, 6.07) is 8.37. The largest absolute Gasteiger partial charge is 1.00 e. The van der Waals surface area contributed by atoms with E-state index < -0.39 is 11.9 Å². The number of hydrogen-bond donors (Lipinski definition) is 0. The Kier molecular flexibility index (Phi) is 8.32. The molecule has 84 valence electrons. The summed E-state index contributed by atoms with van der Waals surface area (Å²) in [6.07, 6.45) is 6.15. The Morgan fingerprint density at radius 1 is 1.18 bits per heavy atom. The van der Waals surface area contributed by atoms with Crippen LogP contribution >= 0.6 is 0 Å². The minimum absolute atomic E-state index is 0. The van der Waals surface area contributed by atoms with Gasteiger partial charge in [-0.05, 0) is 19.1 Å². The Balaban J connectivity index is 0. The van der Waals surface area contributed by atoms with Gasteiger partial charge in [0.2, 0.25) is 0 Å². The van der Waals surface area contributed by atoms with Gasteiger partial charge in [0.05, 0.1) is 5.56 Å². The number of benzene rings is 1. The average molecular weight is 240 g/mol. The fraction of sp³-hybridized carbons (Fsp3) is 0.0769. The van der Waals surface area contributed by atoms with Crippen LogP contribution in [0.2, 0.25) is 0 Å². The van der Waals surface area contributed by atoms with Gasteiger partial charge in [-0.2, -0.15) is 0 Å². The van der Waals surface area contributed by atoms with E-state index in [1.54, 1.807) is 42.5 Å². The van der Waals surface area contributed by atoms with Crippen LogP contribution in [0.5, 0.6) is 0 Å². The number of carbonyl (C=O) groups is 2. The molecule has 0 saturated heterocycles. The molecule has 17 heavy (non-hydrogen) atoms. The predicted octanol–water partition coefficient (Wildman–Crippen LogP) is -0.381. The Labute approximate surface area is 124 Å². The van der Waals surface area contributed by atoms with Crippen molar-refractivity contribution in [2.45, 2.75) is 6.92 Å². The Morgan fingerprint density at radius 3 is 2.41 bits per heavy atom. The third kappa shape index (κ3) is 6.22. The normalized spacial score (nSPS) is 10.2. The molecule has 1 aromatic carbocycles. The SMILES string of the molecule is C/C=C/C=C/C(=O)OC(=O)c1ccccc1.[H-].[Na+]. The second kappa shape index (κ2) is 8.93. The molecular formula is C13H13NaO3. The summed E-state index contributed by atoms with van der Waals surface area (Å²) in [5.74, 6) is -1.32. The van der Waals surface area contributed by atoms with Crippen LogP contribution in [0.4, 0.5) is 0 Å². The van der Waals surface area contributed by atoms with E-state index in [9.17, 15) is 9.59 Å². The first-order valence-electron chi connectivity index (χ1n) is 4.84. The van der Waals surface area contributed by atoms with Crippen LogP contribution in [-0.4, -0.2) is 11.9 Å². The van der Waals surface area contributed by atoms with Crippen molar-refractivity contribution >= 4 is 11.9 Å². The summed E-state index contributed by atoms with van der Waals surface area (Å²) in [5, 5.41) is 0. The molecule has 0 radical (unpaired) electrons. The molecule has 0 unspecified atom stereocenters. The Bertz CT molecular complexity index is 427. The molecule has 0 aliphatic carbocycles. The summed E-state index contributed by atoms with van der Waals surface area (Å²) in [4.78, 5) is 22.5. The maximum absolute atomic E-state index is 11.4. The first-order chi connectivity index (χ1) is 7.74. The molecule has 1 rings (SSSR count). The van der Waals surface area contributed by atoms with Crippen LogP contribution in [-0.2, 0) is 9.53 Å². The number of ether oxygens (including phenoxy) is 1. The van der Waals surface area contributed by atoms with Gasteiger partial charge < -0.3 is 6.16 Å². The maximum atomic E-state index is 11.4. The molecule has 0 fully saturated rings. The molecule has 3 nitrogen and oxygen atoms in total. The second-order valence-electron chi connectivity index (χ2n) is 2.96. The van der Waals surface area contributed by atoms with Crippen LogP contribution in [0.3, 0.4) is 0 Å². The van der Waals surface area contributed by atoms with Crippen LogP contribution in [0.1, 0.15) is 18.7 Å². The van der Waals surface area contributed by atoms with Crippen molar-refractivity contribution in [2.75, 3.05) is 0 Å². The van der Waals surface area contributed by atoms with Crippen molar-refractivity contribution in [3.05, 3.63) is 60.2 Å². The molecule has 0 aliphatic heterocycles. The van der Waals surface area contributed by atoms with Gasteiger partial charge in [-0.25, -0.2) is 9.59 Å². The first kappa shape index (κ1) is 15.8. The topological polar surface area (TPSA) is 43.4 Å². The zero-order chi connectivity index (χ0) is 11.8. The molecule has 0 heterocycles. The zero-order valence-corrected chi connectivity index (χ0v) is 11.9. The van der Waals surface area contributed by atoms with E-state index in [0.29, 0.717) is 5.56 Å². The van der Waals surface area contributed by atoms with Crippen LogP contribution in [0.15, 0.2) is 54.6 Å². The number of allylic oxidation sites excluding steroid dienone is 3. The molecule has 0 atom stereocenters. The molecule has 0 aromatic heterocycles. The summed E-state index contributed by atoms with van der Waals surface area (Å²) >= 11 is 0. The van der Waals surface area contributed by atoms with Crippen LogP contribution in [0.25, 0.3) is 0 Å². The third-order valence-corrected chi connectivity index (χ3v) is 1.74. The van der Waals surface area contributed by atoms with Gasteiger partial charge in [-0.3, -0.25) is 0 Å². The molecule has 0 bridgehead atoms. The maximum Gasteiger partial charge on any atom is 1.00 e. The van der Waals surface area contributed by atoms with Gasteiger partial charge >= 0.3 is 41.5 Å². The molecule has 0 spiro atoms. The van der Waals surface area contributed by atoms with E-state index >= 15 is 0 Å². The quantitative estimate of drug-likeness (QED) is 0.238. The average Bonchev–Trinajstić information content (AvgIpc) is 2.30. The van der Waals surface area contributed by atoms with Crippen molar-refractivity contribution in [1.82, 2.24) is 0 Å². The van der Waals surface area contributed by atoms with E-state index in [4.69, 9.17) is 0 Å². The summed E-state index contributed by atoms with van der Waals surface area (Å²) in [5.41, 5.74) is 0.357. The Hall–Kier alpha value is -1.16. The smallest absolute Gasteiger partial charge is 1.00 e. The fourth-order valence-electron chi connectivity index (χ4n) is 1.00. The van der Waals surface area contributed by atoms with Gasteiger partial charge in [0.1, 0.15) is 0 Å². The zero-order valence-electron chi connectivity index (χ0n) is 10.9. The molecule has 0 N–H and O–H groups in total. The van der Waals surface area contributed by atoms with Crippen molar-refractivity contribution in [1.29, 1.82) is 0 Å². The number of carbonyl (C=O) groups excluding carboxylic acids is 2. The third-order valence-electron chi connectivity index (χ3n) is 1.74. The van der Waals surface area contributed by atoms with Crippen molar-refractivity contribution < 1.29 is 45.3 Å². The minimum atomic E-state index is -0.674. The minimum Gasteiger partial charge on any atom is -1.00 e. The van der Waals surface area contributed by atoms with Gasteiger partial charge in [0.15, 0.2) is 0 Å². The standard InChI is InChI=1S/C13H12O3.Na.H/c1-2-3-5-10-12(14)16-13(15)11-8-6-4-7-9-11;;/h2-10H,1H3;;/q;+1;-1/b3-2+,10-5+;;. The van der Waals surface area contributed by atoms with Gasteiger partial charge in [-0.15, -0.1) is 0 Å². The van der Waals surface area contributed by atoms with Crippen molar-refractivity contribution in [2.24, 2.45) is 0 Å². The monoisotopic (exact) mass is 240 g/mol. The first-order valence-corrected chi connectivity index (χ1v) is 4.84. The molecule has 0 aliphatic rings. The summed E-state index contributed by atoms with van der Waals surface area (Å²) in [6.45, 7) is 1.82. The van der Waals surface area contributed by atoms with Crippen molar-refractivity contribution in [3.8, 4) is 0 Å². The Morgan fingerprint density at radius 2 is 1.82 bits per heavy atom. The van der Waals surface area contributed by atoms with Gasteiger partial charge in [0.25, 0.3) is 0 Å². The fourth-order valence-corrected chi connectivity index (χ4v) is 1.00. The molecular weight excluding hydrogens is 227 g/mol. The molecule has 1 aromatic rings.